The maximum atomic E-state index is 6.10. The predicted octanol–water partition coefficient (Wildman–Crippen LogP) is 2.79. The SMILES string of the molecule is CC1c2ccsc2CCN1C(C)(CN)C1CC1. The predicted molar refractivity (Wildman–Crippen MR) is 73.3 cm³/mol. The normalized spacial score (nSPS) is 28.8. The van der Waals surface area contributed by atoms with E-state index in [0.717, 1.165) is 12.5 Å². The molecule has 94 valence electrons. The first-order valence-electron chi connectivity index (χ1n) is 6.70. The zero-order valence-corrected chi connectivity index (χ0v) is 11.6. The quantitative estimate of drug-likeness (QED) is 0.894. The zero-order chi connectivity index (χ0) is 12.0. The van der Waals surface area contributed by atoms with Crippen molar-refractivity contribution in [3.8, 4) is 0 Å². The minimum atomic E-state index is 0.221. The molecule has 2 atom stereocenters. The molecule has 2 heterocycles. The molecule has 2 aliphatic rings. The second kappa shape index (κ2) is 4.08. The zero-order valence-electron chi connectivity index (χ0n) is 10.8. The van der Waals surface area contributed by atoms with Gasteiger partial charge in [-0.3, -0.25) is 4.90 Å². The molecule has 2 nitrogen and oxygen atoms in total. The highest BCUT2D eigenvalue weighted by molar-refractivity contribution is 7.10. The number of rotatable bonds is 3. The van der Waals surface area contributed by atoms with Crippen LogP contribution in [0.4, 0.5) is 0 Å². The third kappa shape index (κ3) is 1.76. The molecular weight excluding hydrogens is 228 g/mol. The Morgan fingerprint density at radius 1 is 1.53 bits per heavy atom. The van der Waals surface area contributed by atoms with Gasteiger partial charge in [0.05, 0.1) is 0 Å². The Morgan fingerprint density at radius 2 is 2.29 bits per heavy atom. The number of nitrogens with two attached hydrogens (primary N) is 1. The standard InChI is InChI=1S/C14H22N2S/c1-10-12-6-8-17-13(12)5-7-16(10)14(2,9-15)11-3-4-11/h6,8,10-11H,3-5,7,9,15H2,1-2H3. The largest absolute Gasteiger partial charge is 0.329 e. The minimum Gasteiger partial charge on any atom is -0.329 e. The molecule has 1 aromatic heterocycles. The van der Waals surface area contributed by atoms with E-state index in [4.69, 9.17) is 5.73 Å². The smallest absolute Gasteiger partial charge is 0.0337 e. The molecule has 2 unspecified atom stereocenters. The topological polar surface area (TPSA) is 29.3 Å². The van der Waals surface area contributed by atoms with Crippen molar-refractivity contribution in [2.24, 2.45) is 11.7 Å². The molecule has 1 aromatic rings. The molecule has 0 saturated heterocycles. The van der Waals surface area contributed by atoms with Gasteiger partial charge in [0, 0.05) is 29.5 Å². The molecule has 1 fully saturated rings. The van der Waals surface area contributed by atoms with Crippen LogP contribution in [0.5, 0.6) is 0 Å². The molecule has 0 bridgehead atoms. The van der Waals surface area contributed by atoms with E-state index in [1.807, 2.05) is 11.3 Å². The molecule has 0 radical (unpaired) electrons. The van der Waals surface area contributed by atoms with Crippen LogP contribution in [0.15, 0.2) is 11.4 Å². The Hall–Kier alpha value is -0.380. The molecule has 1 aliphatic heterocycles. The van der Waals surface area contributed by atoms with Crippen LogP contribution < -0.4 is 5.73 Å². The van der Waals surface area contributed by atoms with Crippen molar-refractivity contribution >= 4 is 11.3 Å². The Bertz CT molecular complexity index is 410. The van der Waals surface area contributed by atoms with E-state index < -0.39 is 0 Å². The van der Waals surface area contributed by atoms with Crippen LogP contribution in [0.1, 0.15) is 43.2 Å². The summed E-state index contributed by atoms with van der Waals surface area (Å²) in [5.41, 5.74) is 7.86. The van der Waals surface area contributed by atoms with Crippen LogP contribution in [0.2, 0.25) is 0 Å². The lowest BCUT2D eigenvalue weighted by molar-refractivity contribution is 0.0441. The molecule has 1 aliphatic carbocycles. The van der Waals surface area contributed by atoms with Crippen molar-refractivity contribution in [3.05, 3.63) is 21.9 Å². The molecule has 1 saturated carbocycles. The summed E-state index contributed by atoms with van der Waals surface area (Å²) in [7, 11) is 0. The second-order valence-corrected chi connectivity index (χ2v) is 6.75. The van der Waals surface area contributed by atoms with Crippen LogP contribution in [-0.4, -0.2) is 23.5 Å². The third-order valence-electron chi connectivity index (χ3n) is 4.80. The van der Waals surface area contributed by atoms with Gasteiger partial charge < -0.3 is 5.73 Å². The Balaban J connectivity index is 1.90. The summed E-state index contributed by atoms with van der Waals surface area (Å²) < 4.78 is 0. The van der Waals surface area contributed by atoms with Gasteiger partial charge in [-0.2, -0.15) is 0 Å². The van der Waals surface area contributed by atoms with E-state index >= 15 is 0 Å². The highest BCUT2D eigenvalue weighted by atomic mass is 32.1. The number of fused-ring (bicyclic) bond motifs is 1. The molecule has 3 rings (SSSR count). The summed E-state index contributed by atoms with van der Waals surface area (Å²) in [6.07, 6.45) is 3.94. The maximum Gasteiger partial charge on any atom is 0.0337 e. The van der Waals surface area contributed by atoms with Crippen LogP contribution in [0.3, 0.4) is 0 Å². The number of thiophene rings is 1. The fourth-order valence-corrected chi connectivity index (χ4v) is 4.39. The van der Waals surface area contributed by atoms with Crippen molar-refractivity contribution in [1.82, 2.24) is 4.90 Å². The van der Waals surface area contributed by atoms with Crippen LogP contribution >= 0.6 is 11.3 Å². The lowest BCUT2D eigenvalue weighted by Crippen LogP contribution is -2.56. The summed E-state index contributed by atoms with van der Waals surface area (Å²) in [4.78, 5) is 4.25. The summed E-state index contributed by atoms with van der Waals surface area (Å²) in [5, 5.41) is 2.24. The third-order valence-corrected chi connectivity index (χ3v) is 5.80. The van der Waals surface area contributed by atoms with E-state index in [0.29, 0.717) is 6.04 Å². The average molecular weight is 250 g/mol. The van der Waals surface area contributed by atoms with Gasteiger partial charge in [0.1, 0.15) is 0 Å². The molecular formula is C14H22N2S. The van der Waals surface area contributed by atoms with Crippen LogP contribution in [0, 0.1) is 5.92 Å². The number of hydrogen-bond acceptors (Lipinski definition) is 3. The highest BCUT2D eigenvalue weighted by Crippen LogP contribution is 2.47. The van der Waals surface area contributed by atoms with Gasteiger partial charge >= 0.3 is 0 Å². The van der Waals surface area contributed by atoms with Crippen molar-refractivity contribution in [2.45, 2.75) is 44.7 Å². The summed E-state index contributed by atoms with van der Waals surface area (Å²) >= 11 is 1.92. The molecule has 2 N–H and O–H groups in total. The molecule has 0 spiro atoms. The Kier molecular flexibility index (Phi) is 2.80. The summed E-state index contributed by atoms with van der Waals surface area (Å²) in [6.45, 7) is 6.69. The van der Waals surface area contributed by atoms with Gasteiger partial charge in [0.15, 0.2) is 0 Å². The fraction of sp³-hybridized carbons (Fsp3) is 0.714. The van der Waals surface area contributed by atoms with Crippen molar-refractivity contribution in [1.29, 1.82) is 0 Å². The van der Waals surface area contributed by atoms with Crippen molar-refractivity contribution < 1.29 is 0 Å². The minimum absolute atomic E-state index is 0.221. The van der Waals surface area contributed by atoms with Gasteiger partial charge in [0.2, 0.25) is 0 Å². The molecule has 3 heteroatoms. The summed E-state index contributed by atoms with van der Waals surface area (Å²) in [6, 6.07) is 2.85. The lowest BCUT2D eigenvalue weighted by atomic mass is 9.88. The van der Waals surface area contributed by atoms with Crippen LogP contribution in [-0.2, 0) is 6.42 Å². The van der Waals surface area contributed by atoms with E-state index in [-0.39, 0.29) is 5.54 Å². The van der Waals surface area contributed by atoms with Gasteiger partial charge in [-0.05, 0) is 56.0 Å². The first-order chi connectivity index (χ1) is 8.16. The Labute approximate surface area is 108 Å². The molecule has 0 amide bonds. The van der Waals surface area contributed by atoms with Crippen molar-refractivity contribution in [2.75, 3.05) is 13.1 Å². The maximum absolute atomic E-state index is 6.10. The van der Waals surface area contributed by atoms with Gasteiger partial charge in [-0.15, -0.1) is 11.3 Å². The number of nitrogens with zero attached hydrogens (tertiary/aromatic N) is 1. The highest BCUT2D eigenvalue weighted by Gasteiger charge is 2.47. The monoisotopic (exact) mass is 250 g/mol. The van der Waals surface area contributed by atoms with Gasteiger partial charge in [0.25, 0.3) is 0 Å². The van der Waals surface area contributed by atoms with Crippen LogP contribution in [0.25, 0.3) is 0 Å². The van der Waals surface area contributed by atoms with Gasteiger partial charge in [-0.1, -0.05) is 0 Å². The molecule has 17 heavy (non-hydrogen) atoms. The van der Waals surface area contributed by atoms with E-state index in [1.54, 1.807) is 10.4 Å². The second-order valence-electron chi connectivity index (χ2n) is 5.75. The van der Waals surface area contributed by atoms with E-state index in [2.05, 4.69) is 30.2 Å². The Morgan fingerprint density at radius 3 is 2.94 bits per heavy atom. The first-order valence-corrected chi connectivity index (χ1v) is 7.58. The summed E-state index contributed by atoms with van der Waals surface area (Å²) in [5.74, 6) is 0.829. The average Bonchev–Trinajstić information content (AvgIpc) is 3.08. The van der Waals surface area contributed by atoms with Crippen molar-refractivity contribution in [3.63, 3.8) is 0 Å². The fourth-order valence-electron chi connectivity index (χ4n) is 3.43. The van der Waals surface area contributed by atoms with E-state index in [1.165, 1.54) is 25.8 Å². The lowest BCUT2D eigenvalue weighted by Gasteiger charge is -2.47. The van der Waals surface area contributed by atoms with E-state index in [9.17, 15) is 0 Å². The van der Waals surface area contributed by atoms with Gasteiger partial charge in [-0.25, -0.2) is 0 Å². The molecule has 0 aromatic carbocycles. The first kappa shape index (κ1) is 11.7. The number of hydrogen-bond donors (Lipinski definition) is 1.